The first-order valence-corrected chi connectivity index (χ1v) is 11.3. The lowest BCUT2D eigenvalue weighted by atomic mass is 10.1. The predicted molar refractivity (Wildman–Crippen MR) is 125 cm³/mol. The van der Waals surface area contributed by atoms with E-state index in [9.17, 15) is 14.4 Å². The number of halogens is 1. The summed E-state index contributed by atoms with van der Waals surface area (Å²) in [6.45, 7) is 2.45. The van der Waals surface area contributed by atoms with E-state index in [1.54, 1.807) is 11.0 Å². The third kappa shape index (κ3) is 4.90. The molecular weight excluding hydrogens is 448 g/mol. The number of nitrogens with two attached hydrogens (primary N) is 1. The van der Waals surface area contributed by atoms with Crippen molar-refractivity contribution in [2.75, 3.05) is 50.5 Å². The summed E-state index contributed by atoms with van der Waals surface area (Å²) >= 11 is 6.10. The summed E-state index contributed by atoms with van der Waals surface area (Å²) in [5.41, 5.74) is 7.67. The van der Waals surface area contributed by atoms with Crippen LogP contribution in [-0.4, -0.2) is 78.7 Å². The number of rotatable bonds is 2. The van der Waals surface area contributed by atoms with Crippen LogP contribution in [-0.2, 0) is 9.53 Å². The highest BCUT2D eigenvalue weighted by Gasteiger charge is 2.34. The maximum atomic E-state index is 12.9. The number of imide groups is 1. The first-order chi connectivity index (χ1) is 15.9. The van der Waals surface area contributed by atoms with E-state index in [-0.39, 0.29) is 6.03 Å². The number of nitrogens with zero attached hydrogens (tertiary/aromatic N) is 4. The fraction of sp³-hybridized carbons (Fsp3) is 0.455. The van der Waals surface area contributed by atoms with E-state index in [4.69, 9.17) is 22.1 Å². The van der Waals surface area contributed by atoms with Gasteiger partial charge in [0, 0.05) is 54.9 Å². The zero-order valence-electron chi connectivity index (χ0n) is 18.4. The number of likely N-dealkylation sites (tertiary alicyclic amines) is 1. The molecule has 1 aromatic heterocycles. The van der Waals surface area contributed by atoms with Gasteiger partial charge < -0.3 is 25.6 Å². The maximum Gasteiger partial charge on any atom is 0.416 e. The minimum absolute atomic E-state index is 0.296. The fourth-order valence-corrected chi connectivity index (χ4v) is 4.49. The summed E-state index contributed by atoms with van der Waals surface area (Å²) in [4.78, 5) is 46.8. The van der Waals surface area contributed by atoms with Crippen LogP contribution in [0.15, 0.2) is 24.3 Å². The molecule has 0 radical (unpaired) electrons. The normalized spacial score (nSPS) is 19.4. The molecule has 0 bridgehead atoms. The molecule has 4 rings (SSSR count). The van der Waals surface area contributed by atoms with Crippen molar-refractivity contribution in [3.05, 3.63) is 29.3 Å². The molecule has 10 nitrogen and oxygen atoms in total. The first kappa shape index (κ1) is 22.9. The first-order valence-electron chi connectivity index (χ1n) is 10.9. The third-order valence-electron chi connectivity index (χ3n) is 6.06. The summed E-state index contributed by atoms with van der Waals surface area (Å²) < 4.78 is 4.70. The number of urea groups is 1. The molecule has 0 saturated carbocycles. The van der Waals surface area contributed by atoms with Crippen molar-refractivity contribution in [1.82, 2.24) is 20.1 Å². The molecule has 0 aliphatic carbocycles. The number of methoxy groups -OCH3 is 1. The molecule has 3 heterocycles. The van der Waals surface area contributed by atoms with Crippen molar-refractivity contribution in [2.24, 2.45) is 0 Å². The quantitative estimate of drug-likeness (QED) is 0.685. The van der Waals surface area contributed by atoms with Crippen molar-refractivity contribution in [1.29, 1.82) is 0 Å². The lowest BCUT2D eigenvalue weighted by Crippen LogP contribution is -2.56. The Morgan fingerprint density at radius 1 is 1.15 bits per heavy atom. The van der Waals surface area contributed by atoms with Crippen LogP contribution in [0.2, 0.25) is 5.02 Å². The standard InChI is InChI=1S/C22H27ClN6O4/c1-33-22(32)29-7-3-2-4-16(20(29)30)26-21(31)28-10-8-27(9-11-28)18-13-19(24)25-17-12-14(23)5-6-15(17)18/h5-6,12-13,16H,2-4,7-11H2,1H3,(H2,24,25)(H,26,31)/t16-/m0/s1. The topological polar surface area (TPSA) is 121 Å². The van der Waals surface area contributed by atoms with Gasteiger partial charge in [-0.3, -0.25) is 4.79 Å². The smallest absolute Gasteiger partial charge is 0.416 e. The number of carbonyl (C=O) groups is 3. The molecule has 2 aromatic rings. The number of anilines is 2. The number of hydrogen-bond acceptors (Lipinski definition) is 7. The number of aromatic nitrogens is 1. The van der Waals surface area contributed by atoms with Gasteiger partial charge >= 0.3 is 12.1 Å². The number of nitrogens with one attached hydrogen (secondary N) is 1. The van der Waals surface area contributed by atoms with Crippen molar-refractivity contribution in [3.8, 4) is 0 Å². The van der Waals surface area contributed by atoms with Crippen LogP contribution in [0.4, 0.5) is 21.1 Å². The molecule has 11 heteroatoms. The molecule has 4 amide bonds. The van der Waals surface area contributed by atoms with E-state index >= 15 is 0 Å². The van der Waals surface area contributed by atoms with Gasteiger partial charge in [0.15, 0.2) is 0 Å². The highest BCUT2D eigenvalue weighted by molar-refractivity contribution is 6.31. The van der Waals surface area contributed by atoms with Crippen molar-refractivity contribution in [2.45, 2.75) is 25.3 Å². The van der Waals surface area contributed by atoms with Crippen LogP contribution >= 0.6 is 11.6 Å². The molecule has 33 heavy (non-hydrogen) atoms. The highest BCUT2D eigenvalue weighted by atomic mass is 35.5. The Labute approximate surface area is 196 Å². The van der Waals surface area contributed by atoms with Gasteiger partial charge in [-0.25, -0.2) is 19.5 Å². The van der Waals surface area contributed by atoms with Crippen LogP contribution in [0.25, 0.3) is 10.9 Å². The molecule has 0 spiro atoms. The van der Waals surface area contributed by atoms with E-state index in [0.29, 0.717) is 56.4 Å². The number of carbonyl (C=O) groups excluding carboxylic acids is 3. The summed E-state index contributed by atoms with van der Waals surface area (Å²) in [6, 6.07) is 6.29. The minimum atomic E-state index is -0.745. The summed E-state index contributed by atoms with van der Waals surface area (Å²) in [5, 5.41) is 4.34. The second kappa shape index (κ2) is 9.70. The molecule has 176 valence electrons. The molecule has 0 unspecified atom stereocenters. The summed E-state index contributed by atoms with van der Waals surface area (Å²) in [6.07, 6.45) is 1.21. The number of nitrogen functional groups attached to an aromatic ring is 1. The number of benzene rings is 1. The van der Waals surface area contributed by atoms with Gasteiger partial charge in [-0.15, -0.1) is 0 Å². The minimum Gasteiger partial charge on any atom is -0.452 e. The lowest BCUT2D eigenvalue weighted by Gasteiger charge is -2.37. The van der Waals surface area contributed by atoms with E-state index < -0.39 is 18.0 Å². The van der Waals surface area contributed by atoms with Crippen LogP contribution in [0.1, 0.15) is 19.3 Å². The SMILES string of the molecule is COC(=O)N1CCCC[C@H](NC(=O)N2CCN(c3cc(N)nc4cc(Cl)ccc34)CC2)C1=O. The summed E-state index contributed by atoms with van der Waals surface area (Å²) in [5.74, 6) is -0.0225. The highest BCUT2D eigenvalue weighted by Crippen LogP contribution is 2.30. The van der Waals surface area contributed by atoms with Crippen molar-refractivity contribution >= 4 is 52.0 Å². The van der Waals surface area contributed by atoms with Gasteiger partial charge in [0.1, 0.15) is 11.9 Å². The number of ether oxygens (including phenoxy) is 1. The molecule has 2 fully saturated rings. The Hall–Kier alpha value is -3.27. The predicted octanol–water partition coefficient (Wildman–Crippen LogP) is 2.45. The van der Waals surface area contributed by atoms with Gasteiger partial charge in [0.05, 0.1) is 12.6 Å². The Morgan fingerprint density at radius 2 is 1.91 bits per heavy atom. The Balaban J connectivity index is 1.41. The van der Waals surface area contributed by atoms with Crippen molar-refractivity contribution < 1.29 is 19.1 Å². The molecular formula is C22H27ClN6O4. The lowest BCUT2D eigenvalue weighted by molar-refractivity contribution is -0.130. The molecule has 2 aliphatic rings. The van der Waals surface area contributed by atoms with Crippen LogP contribution in [0.5, 0.6) is 0 Å². The van der Waals surface area contributed by atoms with Gasteiger partial charge in [-0.2, -0.15) is 0 Å². The third-order valence-corrected chi connectivity index (χ3v) is 6.29. The maximum absolute atomic E-state index is 12.9. The second-order valence-electron chi connectivity index (χ2n) is 8.16. The van der Waals surface area contributed by atoms with Crippen molar-refractivity contribution in [3.63, 3.8) is 0 Å². The zero-order valence-corrected chi connectivity index (χ0v) is 19.2. The van der Waals surface area contributed by atoms with Gasteiger partial charge in [-0.1, -0.05) is 11.6 Å². The van der Waals surface area contributed by atoms with Gasteiger partial charge in [-0.05, 0) is 37.5 Å². The monoisotopic (exact) mass is 474 g/mol. The number of piperazine rings is 1. The molecule has 2 aliphatic heterocycles. The summed E-state index contributed by atoms with van der Waals surface area (Å²) in [7, 11) is 1.24. The Kier molecular flexibility index (Phi) is 6.73. The average molecular weight is 475 g/mol. The Morgan fingerprint density at radius 3 is 2.64 bits per heavy atom. The molecule has 2 saturated heterocycles. The number of fused-ring (bicyclic) bond motifs is 1. The van der Waals surface area contributed by atoms with E-state index in [0.717, 1.165) is 27.9 Å². The van der Waals surface area contributed by atoms with Gasteiger partial charge in [0.2, 0.25) is 0 Å². The Bertz CT molecular complexity index is 1070. The number of hydrogen-bond donors (Lipinski definition) is 2. The second-order valence-corrected chi connectivity index (χ2v) is 8.60. The average Bonchev–Trinajstić information content (AvgIpc) is 2.99. The van der Waals surface area contributed by atoms with E-state index in [1.807, 2.05) is 18.2 Å². The fourth-order valence-electron chi connectivity index (χ4n) is 4.32. The van der Waals surface area contributed by atoms with Gasteiger partial charge in [0.25, 0.3) is 5.91 Å². The van der Waals surface area contributed by atoms with E-state index in [1.165, 1.54) is 7.11 Å². The zero-order chi connectivity index (χ0) is 23.5. The molecule has 3 N–H and O–H groups in total. The molecule has 1 atom stereocenters. The van der Waals surface area contributed by atoms with Crippen LogP contribution in [0.3, 0.4) is 0 Å². The van der Waals surface area contributed by atoms with E-state index in [2.05, 4.69) is 15.2 Å². The molecule has 1 aromatic carbocycles. The number of pyridine rings is 1. The van der Waals surface area contributed by atoms with Crippen LogP contribution < -0.4 is 16.0 Å². The largest absolute Gasteiger partial charge is 0.452 e. The number of amides is 4. The van der Waals surface area contributed by atoms with Crippen LogP contribution in [0, 0.1) is 0 Å².